The fraction of sp³-hybridized carbons (Fsp3) is 0.150. The van der Waals surface area contributed by atoms with Crippen molar-refractivity contribution in [3.8, 4) is 0 Å². The third-order valence-corrected chi connectivity index (χ3v) is 4.83. The number of halogens is 2. The van der Waals surface area contributed by atoms with Crippen LogP contribution in [0.25, 0.3) is 16.3 Å². The van der Waals surface area contributed by atoms with Crippen LogP contribution < -0.4 is 5.32 Å². The monoisotopic (exact) mass is 402 g/mol. The Morgan fingerprint density at radius 2 is 2.04 bits per heavy atom. The second-order valence-electron chi connectivity index (χ2n) is 5.92. The van der Waals surface area contributed by atoms with Crippen LogP contribution in [0.2, 0.25) is 0 Å². The highest BCUT2D eigenvalue weighted by atomic mass is 32.1. The topological polar surface area (TPSA) is 68.3 Å². The molecule has 0 spiro atoms. The van der Waals surface area contributed by atoms with Gasteiger partial charge >= 0.3 is 5.97 Å². The molecule has 0 unspecified atom stereocenters. The number of amides is 1. The molecule has 1 atom stereocenters. The van der Waals surface area contributed by atoms with Gasteiger partial charge in [-0.05, 0) is 31.2 Å². The number of hydrogen-bond acceptors (Lipinski definition) is 5. The summed E-state index contributed by atoms with van der Waals surface area (Å²) >= 11 is 1.42. The van der Waals surface area contributed by atoms with E-state index in [9.17, 15) is 18.4 Å². The molecule has 0 radical (unpaired) electrons. The second kappa shape index (κ2) is 8.71. The van der Waals surface area contributed by atoms with Gasteiger partial charge in [0.25, 0.3) is 5.91 Å². The lowest BCUT2D eigenvalue weighted by molar-refractivity contribution is -0.144. The zero-order valence-corrected chi connectivity index (χ0v) is 15.6. The Morgan fingerprint density at radius 1 is 1.25 bits per heavy atom. The molecule has 0 bridgehead atoms. The molecule has 144 valence electrons. The van der Waals surface area contributed by atoms with Crippen molar-refractivity contribution in [2.45, 2.75) is 13.0 Å². The van der Waals surface area contributed by atoms with E-state index in [2.05, 4.69) is 10.3 Å². The van der Waals surface area contributed by atoms with Crippen molar-refractivity contribution < 1.29 is 23.1 Å². The van der Waals surface area contributed by atoms with Crippen molar-refractivity contribution >= 4 is 39.5 Å². The highest BCUT2D eigenvalue weighted by Gasteiger charge is 2.15. The zero-order chi connectivity index (χ0) is 20.1. The largest absolute Gasteiger partial charge is 0.452 e. The summed E-state index contributed by atoms with van der Waals surface area (Å²) in [7, 11) is 0. The molecule has 0 saturated carbocycles. The van der Waals surface area contributed by atoms with Crippen molar-refractivity contribution in [3.63, 3.8) is 0 Å². The normalized spacial score (nSPS) is 12.2. The van der Waals surface area contributed by atoms with Gasteiger partial charge in [-0.15, -0.1) is 11.3 Å². The Kier molecular flexibility index (Phi) is 6.10. The van der Waals surface area contributed by atoms with Gasteiger partial charge in [-0.1, -0.05) is 18.2 Å². The minimum absolute atomic E-state index is 0.136. The van der Waals surface area contributed by atoms with E-state index in [0.717, 1.165) is 22.3 Å². The number of para-hydroxylation sites is 1. The number of ether oxygens (including phenoxy) is 1. The fourth-order valence-corrected chi connectivity index (χ4v) is 3.37. The summed E-state index contributed by atoms with van der Waals surface area (Å²) in [6, 6.07) is 9.97. The number of aromatic nitrogens is 1. The molecule has 28 heavy (non-hydrogen) atoms. The fourth-order valence-electron chi connectivity index (χ4n) is 2.50. The number of nitrogens with one attached hydrogen (secondary N) is 1. The first-order valence-electron chi connectivity index (χ1n) is 8.37. The van der Waals surface area contributed by atoms with Crippen molar-refractivity contribution in [2.24, 2.45) is 0 Å². The third kappa shape index (κ3) is 4.98. The lowest BCUT2D eigenvalue weighted by Gasteiger charge is -2.15. The van der Waals surface area contributed by atoms with Crippen LogP contribution in [0.15, 0.2) is 48.5 Å². The van der Waals surface area contributed by atoms with E-state index >= 15 is 0 Å². The molecule has 0 fully saturated rings. The molecule has 0 aliphatic carbocycles. The molecule has 1 aromatic heterocycles. The first-order chi connectivity index (χ1) is 13.4. The standard InChI is InChI=1S/C20H16F2N2O3S/c1-12(14-7-6-13(21)10-15(14)22)23-18(25)11-27-20(26)9-8-19-24-16-4-2-3-5-17(16)28-19/h2-10,12H,11H2,1H3,(H,23,25)/b9-8+/t12-/m0/s1. The Morgan fingerprint density at radius 3 is 2.79 bits per heavy atom. The Labute approximate surface area is 163 Å². The first kappa shape index (κ1) is 19.6. The van der Waals surface area contributed by atoms with E-state index in [1.165, 1.54) is 29.6 Å². The molecule has 5 nitrogen and oxygen atoms in total. The molecule has 0 aliphatic rings. The molecule has 8 heteroatoms. The maximum atomic E-state index is 13.7. The van der Waals surface area contributed by atoms with Gasteiger partial charge in [0.2, 0.25) is 0 Å². The number of fused-ring (bicyclic) bond motifs is 1. The summed E-state index contributed by atoms with van der Waals surface area (Å²) < 4.78 is 32.5. The zero-order valence-electron chi connectivity index (χ0n) is 14.8. The summed E-state index contributed by atoms with van der Waals surface area (Å²) in [6.45, 7) is 1.03. The van der Waals surface area contributed by atoms with E-state index in [1.807, 2.05) is 24.3 Å². The van der Waals surface area contributed by atoms with Crippen molar-refractivity contribution in [3.05, 3.63) is 70.7 Å². The number of carbonyl (C=O) groups excluding carboxylic acids is 2. The number of rotatable bonds is 6. The highest BCUT2D eigenvalue weighted by molar-refractivity contribution is 7.19. The number of carbonyl (C=O) groups is 2. The third-order valence-electron chi connectivity index (χ3n) is 3.82. The Bertz CT molecular complexity index is 1020. The van der Waals surface area contributed by atoms with Crippen LogP contribution in [0.1, 0.15) is 23.5 Å². The lowest BCUT2D eigenvalue weighted by Crippen LogP contribution is -2.31. The smallest absolute Gasteiger partial charge is 0.331 e. The maximum absolute atomic E-state index is 13.7. The second-order valence-corrected chi connectivity index (χ2v) is 6.98. The van der Waals surface area contributed by atoms with Crippen molar-refractivity contribution in [2.75, 3.05) is 6.61 Å². The molecular weight excluding hydrogens is 386 g/mol. The lowest BCUT2D eigenvalue weighted by atomic mass is 10.1. The number of hydrogen-bond donors (Lipinski definition) is 1. The van der Waals surface area contributed by atoms with Crippen LogP contribution >= 0.6 is 11.3 Å². The minimum atomic E-state index is -0.761. The van der Waals surface area contributed by atoms with Crippen LogP contribution in [0.5, 0.6) is 0 Å². The average molecular weight is 402 g/mol. The Hall–Kier alpha value is -3.13. The molecule has 1 N–H and O–H groups in total. The molecule has 2 aromatic carbocycles. The van der Waals surface area contributed by atoms with Gasteiger partial charge in [-0.25, -0.2) is 18.6 Å². The van der Waals surface area contributed by atoms with Crippen LogP contribution in [0, 0.1) is 11.6 Å². The predicted molar refractivity (Wildman–Crippen MR) is 103 cm³/mol. The van der Waals surface area contributed by atoms with E-state index in [0.29, 0.717) is 5.01 Å². The molecule has 3 aromatic rings. The maximum Gasteiger partial charge on any atom is 0.331 e. The van der Waals surface area contributed by atoms with E-state index < -0.39 is 36.2 Å². The van der Waals surface area contributed by atoms with E-state index in [-0.39, 0.29) is 5.56 Å². The molecule has 3 rings (SSSR count). The molecule has 0 aliphatic heterocycles. The first-order valence-corrected chi connectivity index (χ1v) is 9.19. The van der Waals surface area contributed by atoms with Crippen LogP contribution in [0.4, 0.5) is 8.78 Å². The summed E-state index contributed by atoms with van der Waals surface area (Å²) in [5, 5.41) is 3.13. The van der Waals surface area contributed by atoms with E-state index in [1.54, 1.807) is 6.92 Å². The van der Waals surface area contributed by atoms with Gasteiger partial charge in [0.1, 0.15) is 16.6 Å². The van der Waals surface area contributed by atoms with Gasteiger partial charge in [0, 0.05) is 17.7 Å². The van der Waals surface area contributed by atoms with Gasteiger partial charge in [0.05, 0.1) is 16.3 Å². The van der Waals surface area contributed by atoms with Crippen LogP contribution in [-0.2, 0) is 14.3 Å². The predicted octanol–water partition coefficient (Wildman–Crippen LogP) is 4.01. The van der Waals surface area contributed by atoms with E-state index in [4.69, 9.17) is 4.74 Å². The highest BCUT2D eigenvalue weighted by Crippen LogP contribution is 2.22. The van der Waals surface area contributed by atoms with Crippen molar-refractivity contribution in [1.82, 2.24) is 10.3 Å². The van der Waals surface area contributed by atoms with Gasteiger partial charge in [0.15, 0.2) is 6.61 Å². The summed E-state index contributed by atoms with van der Waals surface area (Å²) in [5.74, 6) is -2.76. The van der Waals surface area contributed by atoms with Gasteiger partial charge in [-0.2, -0.15) is 0 Å². The molecule has 1 heterocycles. The number of thiazole rings is 1. The van der Waals surface area contributed by atoms with Crippen molar-refractivity contribution in [1.29, 1.82) is 0 Å². The summed E-state index contributed by atoms with van der Waals surface area (Å²) in [4.78, 5) is 28.0. The van der Waals surface area contributed by atoms with Gasteiger partial charge in [-0.3, -0.25) is 4.79 Å². The number of benzene rings is 2. The number of nitrogens with zero attached hydrogens (tertiary/aromatic N) is 1. The van der Waals surface area contributed by atoms with Crippen LogP contribution in [-0.4, -0.2) is 23.5 Å². The minimum Gasteiger partial charge on any atom is -0.452 e. The Balaban J connectivity index is 1.50. The average Bonchev–Trinajstić information content (AvgIpc) is 3.07. The quantitative estimate of drug-likeness (QED) is 0.500. The SMILES string of the molecule is C[C@H](NC(=O)COC(=O)/C=C/c1nc2ccccc2s1)c1ccc(F)cc1F. The summed E-state index contributed by atoms with van der Waals surface area (Å²) in [6.07, 6.45) is 2.70. The number of esters is 1. The van der Waals surface area contributed by atoms with Crippen LogP contribution in [0.3, 0.4) is 0 Å². The van der Waals surface area contributed by atoms with Gasteiger partial charge < -0.3 is 10.1 Å². The summed E-state index contributed by atoms with van der Waals surface area (Å²) in [5.41, 5.74) is 0.971. The molecule has 1 amide bonds. The molecular formula is C20H16F2N2O3S. The molecule has 0 saturated heterocycles.